The number of anilines is 1. The molecule has 1 saturated carbocycles. The lowest BCUT2D eigenvalue weighted by Crippen LogP contribution is -2.50. The van der Waals surface area contributed by atoms with Crippen LogP contribution in [0.3, 0.4) is 0 Å². The number of hydrogen-bond donors (Lipinski definition) is 2. The normalized spacial score (nSPS) is 17.7. The number of benzene rings is 1. The maximum absolute atomic E-state index is 13.8. The maximum Gasteiger partial charge on any atom is 0.316 e. The molecule has 0 radical (unpaired) electrons. The number of ether oxygens (including phenoxy) is 1. The number of rotatable bonds is 8. The molecule has 2 aliphatic rings. The van der Waals surface area contributed by atoms with Crippen molar-refractivity contribution in [1.29, 1.82) is 5.41 Å². The second-order valence-electron chi connectivity index (χ2n) is 8.67. The molecular weight excluding hydrogens is 496 g/mol. The molecule has 0 atom stereocenters. The Kier molecular flexibility index (Phi) is 7.64. The number of nitrogens with one attached hydrogen (secondary N) is 1. The van der Waals surface area contributed by atoms with Gasteiger partial charge in [-0.25, -0.2) is 17.2 Å². The zero-order valence-corrected chi connectivity index (χ0v) is 20.3. The van der Waals surface area contributed by atoms with Gasteiger partial charge in [0.1, 0.15) is 23.1 Å². The van der Waals surface area contributed by atoms with Crippen molar-refractivity contribution in [2.75, 3.05) is 36.8 Å². The van der Waals surface area contributed by atoms with Crippen LogP contribution in [0.25, 0.3) is 5.69 Å². The predicted molar refractivity (Wildman–Crippen MR) is 131 cm³/mol. The number of hydrazone groups is 1. The summed E-state index contributed by atoms with van der Waals surface area (Å²) in [7, 11) is -3.75. The third-order valence-corrected chi connectivity index (χ3v) is 7.96. The Hall–Kier alpha value is -3.39. The minimum atomic E-state index is -3.75. The second kappa shape index (κ2) is 10.7. The van der Waals surface area contributed by atoms with Crippen molar-refractivity contribution < 1.29 is 21.9 Å². The maximum atomic E-state index is 13.8. The van der Waals surface area contributed by atoms with Gasteiger partial charge in [-0.15, -0.1) is 0 Å². The van der Waals surface area contributed by atoms with Gasteiger partial charge in [0.25, 0.3) is 0 Å². The fraction of sp³-hybridized carbons (Fsp3) is 0.455. The number of halogens is 2. The average Bonchev–Trinajstić information content (AvgIpc) is 3.33. The van der Waals surface area contributed by atoms with Gasteiger partial charge in [0, 0.05) is 32.2 Å². The van der Waals surface area contributed by atoms with Gasteiger partial charge in [0.05, 0.1) is 29.9 Å². The van der Waals surface area contributed by atoms with Crippen LogP contribution >= 0.6 is 0 Å². The predicted octanol–water partition coefficient (Wildman–Crippen LogP) is 1.25. The third kappa shape index (κ3) is 5.70. The Morgan fingerprint density at radius 2 is 1.81 bits per heavy atom. The Balaban J connectivity index is 1.61. The Bertz CT molecular complexity index is 1300. The van der Waals surface area contributed by atoms with Gasteiger partial charge in [-0.3, -0.25) is 4.79 Å². The molecule has 2 aromatic rings. The van der Waals surface area contributed by atoms with E-state index in [1.807, 2.05) is 0 Å². The van der Waals surface area contributed by atoms with Gasteiger partial charge >= 0.3 is 5.56 Å². The largest absolute Gasteiger partial charge is 0.483 e. The molecule has 1 aromatic carbocycles. The molecule has 1 aliphatic carbocycles. The van der Waals surface area contributed by atoms with Crippen LogP contribution in [0.1, 0.15) is 25.7 Å². The first-order valence-electron chi connectivity index (χ1n) is 11.5. The van der Waals surface area contributed by atoms with Crippen LogP contribution in [-0.4, -0.2) is 72.5 Å². The van der Waals surface area contributed by atoms with Crippen molar-refractivity contribution in [3.05, 3.63) is 46.4 Å². The molecule has 0 bridgehead atoms. The van der Waals surface area contributed by atoms with Gasteiger partial charge in [0.15, 0.2) is 0 Å². The van der Waals surface area contributed by atoms with Crippen LogP contribution in [0.4, 0.5) is 14.5 Å². The fourth-order valence-electron chi connectivity index (χ4n) is 4.41. The van der Waals surface area contributed by atoms with Crippen LogP contribution in [0.5, 0.6) is 5.75 Å². The molecule has 2 fully saturated rings. The quantitative estimate of drug-likeness (QED) is 0.301. The molecule has 1 aromatic heterocycles. The highest BCUT2D eigenvalue weighted by atomic mass is 32.2. The molecule has 2 heterocycles. The molecule has 0 unspecified atom stereocenters. The van der Waals surface area contributed by atoms with Crippen LogP contribution in [-0.2, 0) is 10.0 Å². The van der Waals surface area contributed by atoms with Crippen molar-refractivity contribution in [3.8, 4) is 11.4 Å². The molecule has 36 heavy (non-hydrogen) atoms. The van der Waals surface area contributed by atoms with E-state index in [4.69, 9.17) is 16.0 Å². The van der Waals surface area contributed by atoms with Crippen molar-refractivity contribution >= 4 is 27.6 Å². The summed E-state index contributed by atoms with van der Waals surface area (Å²) in [6, 6.07) is 2.72. The molecule has 4 rings (SSSR count). The number of nitrogens with two attached hydrogens (primary N) is 1. The van der Waals surface area contributed by atoms with Crippen LogP contribution in [0.2, 0.25) is 0 Å². The van der Waals surface area contributed by atoms with Crippen molar-refractivity contribution in [2.24, 2.45) is 10.9 Å². The molecule has 0 spiro atoms. The molecule has 3 N–H and O–H groups in total. The molecule has 14 heteroatoms. The number of piperazine rings is 1. The number of aromatic nitrogens is 2. The number of sulfonamides is 1. The molecular formula is C22H27F2N7O4S. The second-order valence-corrected chi connectivity index (χ2v) is 10.6. The average molecular weight is 524 g/mol. The molecule has 1 aliphatic heterocycles. The molecule has 11 nitrogen and oxygen atoms in total. The Morgan fingerprint density at radius 3 is 2.42 bits per heavy atom. The van der Waals surface area contributed by atoms with Gasteiger partial charge in [0.2, 0.25) is 15.8 Å². The lowest BCUT2D eigenvalue weighted by Gasteiger charge is -2.36. The lowest BCUT2D eigenvalue weighted by atomic mass is 10.2. The first kappa shape index (κ1) is 25.7. The minimum Gasteiger partial charge on any atom is -0.483 e. The molecule has 194 valence electrons. The van der Waals surface area contributed by atoms with E-state index >= 15 is 0 Å². The topological polar surface area (TPSA) is 147 Å². The van der Waals surface area contributed by atoms with Crippen molar-refractivity contribution in [2.45, 2.75) is 31.8 Å². The summed E-state index contributed by atoms with van der Waals surface area (Å²) in [6.45, 7) is 0.740. The SMILES string of the molecule is N=C(/C=N\N)CS(=O)(=O)N1CCN(c2cnn(-c3cc(F)cc(F)c3)c(=O)c2OC2CCCC2)CC1. The summed E-state index contributed by atoms with van der Waals surface area (Å²) in [5.41, 5.74) is -0.567. The van der Waals surface area contributed by atoms with Crippen molar-refractivity contribution in [1.82, 2.24) is 14.1 Å². The summed E-state index contributed by atoms with van der Waals surface area (Å²) < 4.78 is 61.1. The van der Waals surface area contributed by atoms with E-state index in [1.165, 1.54) is 10.5 Å². The van der Waals surface area contributed by atoms with E-state index in [1.54, 1.807) is 4.90 Å². The molecule has 1 saturated heterocycles. The number of nitrogens with zero attached hydrogens (tertiary/aromatic N) is 5. The van der Waals surface area contributed by atoms with Crippen molar-refractivity contribution in [3.63, 3.8) is 0 Å². The van der Waals surface area contributed by atoms with Gasteiger partial charge in [-0.05, 0) is 37.8 Å². The zero-order chi connectivity index (χ0) is 25.9. The highest BCUT2D eigenvalue weighted by molar-refractivity contribution is 7.89. The van der Waals surface area contributed by atoms with E-state index in [-0.39, 0.29) is 49.4 Å². The van der Waals surface area contributed by atoms with Crippen LogP contribution in [0, 0.1) is 17.0 Å². The fourth-order valence-corrected chi connectivity index (χ4v) is 5.78. The van der Waals surface area contributed by atoms with E-state index in [0.29, 0.717) is 11.8 Å². The summed E-state index contributed by atoms with van der Waals surface area (Å²) >= 11 is 0. The van der Waals surface area contributed by atoms with Gasteiger partial charge < -0.3 is 20.9 Å². The standard InChI is InChI=1S/C22H27F2N7O4S/c23-15-9-16(24)11-18(10-15)31-22(32)21(35-19-3-1-2-4-19)20(13-28-31)29-5-7-30(8-6-29)36(33,34)14-17(25)12-27-26/h9-13,19,25H,1-8,14,26H2/b25-17?,27-12-. The minimum absolute atomic E-state index is 0.0128. The molecule has 0 amide bonds. The van der Waals surface area contributed by atoms with E-state index in [0.717, 1.165) is 48.7 Å². The van der Waals surface area contributed by atoms with E-state index in [2.05, 4.69) is 10.2 Å². The first-order valence-corrected chi connectivity index (χ1v) is 13.1. The summed E-state index contributed by atoms with van der Waals surface area (Å²) in [4.78, 5) is 15.2. The zero-order valence-electron chi connectivity index (χ0n) is 19.4. The van der Waals surface area contributed by atoms with E-state index in [9.17, 15) is 22.0 Å². The number of hydrogen-bond acceptors (Lipinski definition) is 9. The third-order valence-electron chi connectivity index (χ3n) is 6.13. The van der Waals surface area contributed by atoms with Crippen LogP contribution in [0.15, 0.2) is 34.3 Å². The Morgan fingerprint density at radius 1 is 1.17 bits per heavy atom. The van der Waals surface area contributed by atoms with Gasteiger partial charge in [-0.2, -0.15) is 19.2 Å². The summed E-state index contributed by atoms with van der Waals surface area (Å²) in [5.74, 6) is 2.79. The Labute approximate surface area is 206 Å². The van der Waals surface area contributed by atoms with Gasteiger partial charge in [-0.1, -0.05) is 0 Å². The summed E-state index contributed by atoms with van der Waals surface area (Å²) in [5, 5.41) is 15.0. The first-order chi connectivity index (χ1) is 17.2. The summed E-state index contributed by atoms with van der Waals surface area (Å²) in [6.07, 6.45) is 5.69. The monoisotopic (exact) mass is 523 g/mol. The van der Waals surface area contributed by atoms with Crippen LogP contribution < -0.4 is 21.0 Å². The van der Waals surface area contributed by atoms with E-state index < -0.39 is 33.0 Å². The highest BCUT2D eigenvalue weighted by Gasteiger charge is 2.31. The highest BCUT2D eigenvalue weighted by Crippen LogP contribution is 2.30. The smallest absolute Gasteiger partial charge is 0.316 e. The lowest BCUT2D eigenvalue weighted by molar-refractivity contribution is 0.205.